The summed E-state index contributed by atoms with van der Waals surface area (Å²) in [5.74, 6) is 1.71. The summed E-state index contributed by atoms with van der Waals surface area (Å²) in [6, 6.07) is 6.70. The standard InChI is InChI=1S/C26H34O4/c1-23-9-8-21-20-6-5-19(28-3)14-17(20)4-7-22(21)25(23)10-11-26(23,18(15-25)16-27)24(2)29-12-13-30-24/h5-6,10-11,14,18,21-22,27H,4,7-9,12-13,15-16H2,1-3H3/t18-,21+,22+,23-,25?,26-/m0/s1. The van der Waals surface area contributed by atoms with Gasteiger partial charge in [-0.3, -0.25) is 0 Å². The molecule has 1 saturated heterocycles. The van der Waals surface area contributed by atoms with Gasteiger partial charge in [-0.05, 0) is 90.9 Å². The third-order valence-corrected chi connectivity index (χ3v) is 10.2. The smallest absolute Gasteiger partial charge is 0.175 e. The van der Waals surface area contributed by atoms with Crippen molar-refractivity contribution in [2.75, 3.05) is 26.9 Å². The molecule has 0 spiro atoms. The molecular formula is C26H34O4. The van der Waals surface area contributed by atoms with Crippen LogP contribution in [0, 0.1) is 28.1 Å². The molecule has 30 heavy (non-hydrogen) atoms. The van der Waals surface area contributed by atoms with Crippen LogP contribution in [0.3, 0.4) is 0 Å². The summed E-state index contributed by atoms with van der Waals surface area (Å²) in [4.78, 5) is 0. The van der Waals surface area contributed by atoms with Gasteiger partial charge in [0.25, 0.3) is 0 Å². The van der Waals surface area contributed by atoms with Crippen LogP contribution >= 0.6 is 0 Å². The fourth-order valence-electron chi connectivity index (χ4n) is 9.02. The lowest BCUT2D eigenvalue weighted by Gasteiger charge is -2.59. The fraction of sp³-hybridized carbons (Fsp3) is 0.692. The predicted molar refractivity (Wildman–Crippen MR) is 114 cm³/mol. The number of benzene rings is 1. The van der Waals surface area contributed by atoms with Crippen LogP contribution in [0.2, 0.25) is 0 Å². The van der Waals surface area contributed by atoms with Crippen LogP contribution in [-0.2, 0) is 15.9 Å². The number of hydrogen-bond donors (Lipinski definition) is 1. The van der Waals surface area contributed by atoms with Gasteiger partial charge >= 0.3 is 0 Å². The Morgan fingerprint density at radius 1 is 1.13 bits per heavy atom. The van der Waals surface area contributed by atoms with Crippen molar-refractivity contribution in [3.63, 3.8) is 0 Å². The summed E-state index contributed by atoms with van der Waals surface area (Å²) in [6.45, 7) is 6.12. The molecule has 4 heteroatoms. The number of aliphatic hydroxyl groups excluding tert-OH is 1. The molecule has 1 unspecified atom stereocenters. The Kier molecular flexibility index (Phi) is 3.94. The van der Waals surface area contributed by atoms with E-state index < -0.39 is 5.79 Å². The number of aryl methyl sites for hydroxylation is 1. The van der Waals surface area contributed by atoms with Crippen molar-refractivity contribution in [2.24, 2.45) is 28.1 Å². The van der Waals surface area contributed by atoms with Crippen LogP contribution in [0.25, 0.3) is 0 Å². The molecule has 4 nitrogen and oxygen atoms in total. The molecule has 1 heterocycles. The molecule has 1 aromatic rings. The molecule has 1 N–H and O–H groups in total. The van der Waals surface area contributed by atoms with Crippen LogP contribution in [-0.4, -0.2) is 37.8 Å². The van der Waals surface area contributed by atoms with Crippen molar-refractivity contribution in [3.8, 4) is 5.75 Å². The van der Waals surface area contributed by atoms with E-state index in [9.17, 15) is 5.11 Å². The Morgan fingerprint density at radius 3 is 2.67 bits per heavy atom. The normalized spacial score (nSPS) is 45.1. The van der Waals surface area contributed by atoms with Gasteiger partial charge in [0.05, 0.1) is 25.7 Å². The lowest BCUT2D eigenvalue weighted by molar-refractivity contribution is -0.258. The van der Waals surface area contributed by atoms with E-state index in [1.807, 2.05) is 0 Å². The average Bonchev–Trinajstić information content (AvgIpc) is 3.40. The number of allylic oxidation sites excluding steroid dienone is 1. The second kappa shape index (κ2) is 6.11. The van der Waals surface area contributed by atoms with Crippen LogP contribution in [0.15, 0.2) is 30.4 Å². The quantitative estimate of drug-likeness (QED) is 0.748. The zero-order chi connectivity index (χ0) is 20.8. The molecule has 0 aromatic heterocycles. The van der Waals surface area contributed by atoms with E-state index in [0.717, 1.165) is 25.0 Å². The Balaban J connectivity index is 1.46. The third-order valence-electron chi connectivity index (χ3n) is 10.2. The minimum atomic E-state index is -0.642. The first-order chi connectivity index (χ1) is 14.4. The van der Waals surface area contributed by atoms with Gasteiger partial charge in [-0.1, -0.05) is 25.1 Å². The number of fused-ring (bicyclic) bond motifs is 3. The summed E-state index contributed by atoms with van der Waals surface area (Å²) < 4.78 is 18.1. The van der Waals surface area contributed by atoms with Gasteiger partial charge in [-0.25, -0.2) is 0 Å². The van der Waals surface area contributed by atoms with Gasteiger partial charge in [-0.2, -0.15) is 0 Å². The molecule has 2 saturated carbocycles. The van der Waals surface area contributed by atoms with Crippen molar-refractivity contribution in [1.82, 2.24) is 0 Å². The maximum absolute atomic E-state index is 10.5. The lowest BCUT2D eigenvalue weighted by Crippen LogP contribution is -2.59. The maximum atomic E-state index is 10.5. The highest BCUT2D eigenvalue weighted by atomic mass is 16.7. The van der Waals surface area contributed by atoms with Crippen molar-refractivity contribution in [2.45, 2.75) is 57.7 Å². The molecule has 3 fully saturated rings. The zero-order valence-electron chi connectivity index (χ0n) is 18.4. The second-order valence-corrected chi connectivity index (χ2v) is 10.7. The van der Waals surface area contributed by atoms with E-state index in [1.165, 1.54) is 24.0 Å². The fourth-order valence-corrected chi connectivity index (χ4v) is 9.02. The number of hydrogen-bond acceptors (Lipinski definition) is 4. The van der Waals surface area contributed by atoms with Crippen molar-refractivity contribution < 1.29 is 19.3 Å². The first-order valence-electron chi connectivity index (χ1n) is 11.7. The van der Waals surface area contributed by atoms with Crippen molar-refractivity contribution in [1.29, 1.82) is 0 Å². The minimum absolute atomic E-state index is 0.0532. The lowest BCUT2D eigenvalue weighted by atomic mass is 9.45. The Labute approximate surface area is 179 Å². The second-order valence-electron chi connectivity index (χ2n) is 10.7. The van der Waals surface area contributed by atoms with E-state index in [4.69, 9.17) is 14.2 Å². The van der Waals surface area contributed by atoms with E-state index >= 15 is 0 Å². The highest BCUT2D eigenvalue weighted by Crippen LogP contribution is 2.82. The van der Waals surface area contributed by atoms with E-state index in [-0.39, 0.29) is 28.8 Å². The monoisotopic (exact) mass is 410 g/mol. The van der Waals surface area contributed by atoms with Crippen LogP contribution in [0.4, 0.5) is 0 Å². The van der Waals surface area contributed by atoms with Gasteiger partial charge in [0.15, 0.2) is 5.79 Å². The summed E-state index contributed by atoms with van der Waals surface area (Å²) >= 11 is 0. The number of rotatable bonds is 3. The van der Waals surface area contributed by atoms with E-state index in [1.54, 1.807) is 7.11 Å². The molecule has 6 atom stereocenters. The molecule has 1 aliphatic heterocycles. The summed E-state index contributed by atoms with van der Waals surface area (Å²) in [5, 5.41) is 10.5. The first-order valence-corrected chi connectivity index (χ1v) is 11.7. The predicted octanol–water partition coefficient (Wildman–Crippen LogP) is 4.46. The summed E-state index contributed by atoms with van der Waals surface area (Å²) in [6.07, 6.45) is 10.7. The van der Waals surface area contributed by atoms with Gasteiger partial charge in [0.2, 0.25) is 0 Å². The van der Waals surface area contributed by atoms with Crippen LogP contribution in [0.5, 0.6) is 5.75 Å². The molecule has 6 rings (SSSR count). The number of ether oxygens (including phenoxy) is 3. The Hall–Kier alpha value is -1.36. The highest BCUT2D eigenvalue weighted by Gasteiger charge is 2.79. The van der Waals surface area contributed by atoms with Crippen LogP contribution < -0.4 is 4.74 Å². The molecule has 1 aromatic carbocycles. The minimum Gasteiger partial charge on any atom is -0.497 e. The SMILES string of the molecule is COc1ccc2c(c1)CC[C@@H]1[C@@H]2CC[C@@]2(C)C13C=C[C@]2(C1(C)OCCO1)[C@H](CO)C3. The third kappa shape index (κ3) is 1.96. The highest BCUT2D eigenvalue weighted by molar-refractivity contribution is 5.45. The van der Waals surface area contributed by atoms with Gasteiger partial charge in [0, 0.05) is 6.61 Å². The molecular weight excluding hydrogens is 376 g/mol. The number of aliphatic hydroxyl groups is 1. The Morgan fingerprint density at radius 2 is 1.93 bits per heavy atom. The number of methoxy groups -OCH3 is 1. The van der Waals surface area contributed by atoms with Crippen LogP contribution in [0.1, 0.15) is 56.6 Å². The van der Waals surface area contributed by atoms with Gasteiger partial charge < -0.3 is 19.3 Å². The Bertz CT molecular complexity index is 902. The molecule has 5 aliphatic rings. The summed E-state index contributed by atoms with van der Waals surface area (Å²) in [7, 11) is 1.75. The average molecular weight is 411 g/mol. The molecule has 0 radical (unpaired) electrons. The van der Waals surface area contributed by atoms with Crippen molar-refractivity contribution >= 4 is 0 Å². The zero-order valence-corrected chi connectivity index (χ0v) is 18.4. The summed E-state index contributed by atoms with van der Waals surface area (Å²) in [5.41, 5.74) is 2.91. The van der Waals surface area contributed by atoms with Gasteiger partial charge in [0.1, 0.15) is 5.75 Å². The molecule has 0 amide bonds. The topological polar surface area (TPSA) is 47.9 Å². The molecule has 4 aliphatic carbocycles. The largest absolute Gasteiger partial charge is 0.497 e. The van der Waals surface area contributed by atoms with Crippen molar-refractivity contribution in [3.05, 3.63) is 41.5 Å². The molecule has 2 bridgehead atoms. The maximum Gasteiger partial charge on any atom is 0.175 e. The van der Waals surface area contributed by atoms with E-state index in [0.29, 0.717) is 25.0 Å². The molecule has 162 valence electrons. The first kappa shape index (κ1) is 19.3. The van der Waals surface area contributed by atoms with E-state index in [2.05, 4.69) is 44.2 Å². The van der Waals surface area contributed by atoms with Gasteiger partial charge in [-0.15, -0.1) is 0 Å².